The van der Waals surface area contributed by atoms with E-state index in [1.165, 1.54) is 24.4 Å². The number of amides is 1. The Hall–Kier alpha value is -3.32. The number of carbonyl (C=O) groups is 2. The van der Waals surface area contributed by atoms with Crippen LogP contribution < -0.4 is 10.2 Å². The van der Waals surface area contributed by atoms with E-state index in [2.05, 4.69) is 26.5 Å². The Morgan fingerprint density at radius 2 is 1.57 bits per heavy atom. The summed E-state index contributed by atoms with van der Waals surface area (Å²) in [4.78, 5) is 24.0. The smallest absolute Gasteiger partial charge is 0.346 e. The Morgan fingerprint density at radius 3 is 2.25 bits per heavy atom. The van der Waals surface area contributed by atoms with Gasteiger partial charge in [-0.1, -0.05) is 24.3 Å². The summed E-state index contributed by atoms with van der Waals surface area (Å²) in [6, 6.07) is 19.0. The Labute approximate surface area is 169 Å². The lowest BCUT2D eigenvalue weighted by Gasteiger charge is -2.05. The third-order valence-electron chi connectivity index (χ3n) is 3.68. The summed E-state index contributed by atoms with van der Waals surface area (Å²) in [7, 11) is 0. The van der Waals surface area contributed by atoms with Crippen molar-refractivity contribution in [2.75, 3.05) is 0 Å². The Kier molecular flexibility index (Phi) is 6.29. The molecule has 1 amide bonds. The summed E-state index contributed by atoms with van der Waals surface area (Å²) in [5.74, 6) is -1.50. The molecule has 0 aliphatic carbocycles. The van der Waals surface area contributed by atoms with Gasteiger partial charge in [0.1, 0.15) is 11.6 Å². The average molecular weight is 441 g/mol. The molecule has 0 aliphatic heterocycles. The molecule has 140 valence electrons. The zero-order valence-electron chi connectivity index (χ0n) is 14.4. The van der Waals surface area contributed by atoms with Gasteiger partial charge < -0.3 is 4.74 Å². The number of rotatable bonds is 5. The second-order valence-corrected chi connectivity index (χ2v) is 6.47. The van der Waals surface area contributed by atoms with Gasteiger partial charge in [0.15, 0.2) is 0 Å². The van der Waals surface area contributed by atoms with E-state index in [1.54, 1.807) is 48.5 Å². The minimum Gasteiger partial charge on any atom is -0.423 e. The van der Waals surface area contributed by atoms with Crippen LogP contribution in [0, 0.1) is 5.82 Å². The van der Waals surface area contributed by atoms with Gasteiger partial charge in [0.2, 0.25) is 0 Å². The first-order valence-electron chi connectivity index (χ1n) is 8.19. The molecule has 0 bridgehead atoms. The first kappa shape index (κ1) is 19.4. The van der Waals surface area contributed by atoms with Crippen molar-refractivity contribution in [1.82, 2.24) is 5.43 Å². The molecular weight excluding hydrogens is 427 g/mol. The van der Waals surface area contributed by atoms with Crippen LogP contribution in [0.3, 0.4) is 0 Å². The normalized spacial score (nSPS) is 10.6. The Morgan fingerprint density at radius 1 is 0.929 bits per heavy atom. The molecule has 0 aliphatic rings. The van der Waals surface area contributed by atoms with Crippen molar-refractivity contribution in [3.05, 3.63) is 99.8 Å². The number of halogens is 2. The largest absolute Gasteiger partial charge is 0.423 e. The summed E-state index contributed by atoms with van der Waals surface area (Å²) in [6.45, 7) is 0. The van der Waals surface area contributed by atoms with Gasteiger partial charge in [-0.05, 0) is 70.0 Å². The van der Waals surface area contributed by atoms with Gasteiger partial charge in [0.05, 0.1) is 17.3 Å². The number of benzene rings is 3. The van der Waals surface area contributed by atoms with Crippen molar-refractivity contribution in [1.29, 1.82) is 0 Å². The van der Waals surface area contributed by atoms with E-state index >= 15 is 0 Å². The van der Waals surface area contributed by atoms with Crippen LogP contribution in [0.2, 0.25) is 0 Å². The van der Waals surface area contributed by atoms with Crippen molar-refractivity contribution in [3.63, 3.8) is 0 Å². The van der Waals surface area contributed by atoms with Crippen LogP contribution in [0.15, 0.2) is 82.4 Å². The molecule has 0 heterocycles. The monoisotopic (exact) mass is 440 g/mol. The number of nitrogens with zero attached hydrogens (tertiary/aromatic N) is 1. The summed E-state index contributed by atoms with van der Waals surface area (Å²) >= 11 is 3.30. The first-order chi connectivity index (χ1) is 13.5. The lowest BCUT2D eigenvalue weighted by Crippen LogP contribution is -2.18. The molecule has 0 atom stereocenters. The molecule has 0 fully saturated rings. The lowest BCUT2D eigenvalue weighted by atomic mass is 10.2. The van der Waals surface area contributed by atoms with Crippen LogP contribution in [0.5, 0.6) is 5.75 Å². The number of nitrogens with one attached hydrogen (secondary N) is 1. The van der Waals surface area contributed by atoms with Gasteiger partial charge in [-0.3, -0.25) is 4.79 Å². The van der Waals surface area contributed by atoms with Crippen LogP contribution in [-0.4, -0.2) is 18.1 Å². The molecule has 3 aromatic carbocycles. The highest BCUT2D eigenvalue weighted by Crippen LogP contribution is 2.16. The highest BCUT2D eigenvalue weighted by atomic mass is 79.9. The number of hydrazone groups is 1. The van der Waals surface area contributed by atoms with E-state index in [9.17, 15) is 14.0 Å². The number of hydrogen-bond acceptors (Lipinski definition) is 4. The van der Waals surface area contributed by atoms with Crippen molar-refractivity contribution in [3.8, 4) is 5.75 Å². The summed E-state index contributed by atoms with van der Waals surface area (Å²) in [5, 5.41) is 3.91. The molecule has 3 rings (SSSR count). The zero-order valence-corrected chi connectivity index (χ0v) is 16.0. The van der Waals surface area contributed by atoms with Crippen molar-refractivity contribution in [2.24, 2.45) is 5.10 Å². The van der Waals surface area contributed by atoms with Gasteiger partial charge in [0.25, 0.3) is 5.91 Å². The van der Waals surface area contributed by atoms with E-state index in [4.69, 9.17) is 4.74 Å². The summed E-state index contributed by atoms with van der Waals surface area (Å²) < 4.78 is 19.4. The number of ether oxygens (including phenoxy) is 1. The Balaban J connectivity index is 1.59. The summed E-state index contributed by atoms with van der Waals surface area (Å²) in [6.07, 6.45) is 1.46. The topological polar surface area (TPSA) is 67.8 Å². The average Bonchev–Trinajstić information content (AvgIpc) is 2.70. The number of hydrogen-bond donors (Lipinski definition) is 1. The van der Waals surface area contributed by atoms with Crippen LogP contribution in [0.25, 0.3) is 0 Å². The molecule has 1 N–H and O–H groups in total. The molecule has 0 unspecified atom stereocenters. The second-order valence-electron chi connectivity index (χ2n) is 5.62. The molecule has 0 spiro atoms. The van der Waals surface area contributed by atoms with Crippen molar-refractivity contribution in [2.45, 2.75) is 0 Å². The fourth-order valence-electron chi connectivity index (χ4n) is 2.28. The fraction of sp³-hybridized carbons (Fsp3) is 0. The highest BCUT2D eigenvalue weighted by molar-refractivity contribution is 9.10. The van der Waals surface area contributed by atoms with Gasteiger partial charge in [0, 0.05) is 4.47 Å². The maximum Gasteiger partial charge on any atom is 0.346 e. The lowest BCUT2D eigenvalue weighted by molar-refractivity contribution is 0.0729. The third kappa shape index (κ3) is 4.89. The Bertz CT molecular complexity index is 1040. The highest BCUT2D eigenvalue weighted by Gasteiger charge is 2.13. The predicted molar refractivity (Wildman–Crippen MR) is 107 cm³/mol. The van der Waals surface area contributed by atoms with E-state index in [1.807, 2.05) is 6.07 Å². The van der Waals surface area contributed by atoms with Gasteiger partial charge >= 0.3 is 5.97 Å². The second kappa shape index (κ2) is 9.05. The van der Waals surface area contributed by atoms with E-state index in [0.29, 0.717) is 15.6 Å². The van der Waals surface area contributed by atoms with Gasteiger partial charge in [-0.15, -0.1) is 0 Å². The maximum absolute atomic E-state index is 13.6. The standard InChI is InChI=1S/C21H14BrFN2O3/c22-18-7-3-1-5-16(18)20(26)25-24-13-14-9-11-15(12-10-14)28-21(27)17-6-2-4-8-19(17)23/h1-13H,(H,25,26). The predicted octanol–water partition coefficient (Wildman–Crippen LogP) is 4.57. The summed E-state index contributed by atoms with van der Waals surface area (Å²) in [5.41, 5.74) is 3.45. The molecule has 0 radical (unpaired) electrons. The molecular formula is C21H14BrFN2O3. The SMILES string of the molecule is O=C(Oc1ccc(C=NNC(=O)c2ccccc2Br)cc1)c1ccccc1F. The quantitative estimate of drug-likeness (QED) is 0.273. The molecule has 7 heteroatoms. The van der Waals surface area contributed by atoms with E-state index in [0.717, 1.165) is 0 Å². The van der Waals surface area contributed by atoms with Crippen LogP contribution in [-0.2, 0) is 0 Å². The van der Waals surface area contributed by atoms with Crippen molar-refractivity contribution < 1.29 is 18.7 Å². The molecule has 5 nitrogen and oxygen atoms in total. The van der Waals surface area contributed by atoms with E-state index < -0.39 is 11.8 Å². The minimum atomic E-state index is -0.778. The molecule has 0 aromatic heterocycles. The van der Waals surface area contributed by atoms with Gasteiger partial charge in [-0.2, -0.15) is 5.10 Å². The third-order valence-corrected chi connectivity index (χ3v) is 4.37. The zero-order chi connectivity index (χ0) is 19.9. The molecule has 3 aromatic rings. The van der Waals surface area contributed by atoms with Gasteiger partial charge in [-0.25, -0.2) is 14.6 Å². The number of carbonyl (C=O) groups excluding carboxylic acids is 2. The van der Waals surface area contributed by atoms with Crippen LogP contribution in [0.4, 0.5) is 4.39 Å². The minimum absolute atomic E-state index is 0.136. The molecule has 28 heavy (non-hydrogen) atoms. The van der Waals surface area contributed by atoms with E-state index in [-0.39, 0.29) is 17.2 Å². The molecule has 0 saturated heterocycles. The fourth-order valence-corrected chi connectivity index (χ4v) is 2.75. The number of esters is 1. The van der Waals surface area contributed by atoms with Crippen LogP contribution >= 0.6 is 15.9 Å². The first-order valence-corrected chi connectivity index (χ1v) is 8.98. The molecule has 0 saturated carbocycles. The maximum atomic E-state index is 13.6. The van der Waals surface area contributed by atoms with Crippen molar-refractivity contribution >= 4 is 34.0 Å². The van der Waals surface area contributed by atoms with Crippen LogP contribution in [0.1, 0.15) is 26.3 Å².